The van der Waals surface area contributed by atoms with Crippen LogP contribution in [0.1, 0.15) is 34.0 Å². The third-order valence-electron chi connectivity index (χ3n) is 5.33. The molecule has 1 fully saturated rings. The van der Waals surface area contributed by atoms with Crippen LogP contribution >= 0.6 is 11.3 Å². The molecule has 2 aromatic heterocycles. The standard InChI is InChI=1S/C20H19N3O2S/c24-18-16-17(21-19(26-16)14-5-2-1-3-6-14)20(22-18)8-10-23(11-9-20)13-15-7-4-12-25-15/h1-7,12H,8-11,13H2,(H,22,24). The highest BCUT2D eigenvalue weighted by atomic mass is 32.1. The van der Waals surface area contributed by atoms with Crippen molar-refractivity contribution in [3.8, 4) is 10.6 Å². The SMILES string of the molecule is O=C1NC2(CCN(Cc3ccco3)CC2)c2nc(-c3ccccc3)sc21. The van der Waals surface area contributed by atoms with Crippen LogP contribution in [0, 0.1) is 0 Å². The zero-order valence-corrected chi connectivity index (χ0v) is 15.1. The van der Waals surface area contributed by atoms with Crippen molar-refractivity contribution in [2.24, 2.45) is 0 Å². The number of amides is 1. The number of nitrogens with zero attached hydrogens (tertiary/aromatic N) is 2. The van der Waals surface area contributed by atoms with Gasteiger partial charge in [0.1, 0.15) is 15.6 Å². The molecule has 4 heterocycles. The molecule has 0 radical (unpaired) electrons. The number of fused-ring (bicyclic) bond motifs is 2. The molecule has 132 valence electrons. The van der Waals surface area contributed by atoms with Gasteiger partial charge >= 0.3 is 0 Å². The number of rotatable bonds is 3. The molecule has 26 heavy (non-hydrogen) atoms. The first-order valence-electron chi connectivity index (χ1n) is 8.87. The predicted molar refractivity (Wildman–Crippen MR) is 99.9 cm³/mol. The van der Waals surface area contributed by atoms with Gasteiger partial charge in [0.15, 0.2) is 0 Å². The van der Waals surface area contributed by atoms with E-state index in [2.05, 4.69) is 10.2 Å². The molecule has 1 amide bonds. The highest BCUT2D eigenvalue weighted by Gasteiger charge is 2.47. The van der Waals surface area contributed by atoms with Crippen molar-refractivity contribution in [1.82, 2.24) is 15.2 Å². The Kier molecular flexibility index (Phi) is 3.69. The van der Waals surface area contributed by atoms with E-state index in [1.165, 1.54) is 11.3 Å². The molecule has 0 bridgehead atoms. The second-order valence-corrected chi connectivity index (χ2v) is 7.95. The number of hydrogen-bond acceptors (Lipinski definition) is 5. The van der Waals surface area contributed by atoms with Gasteiger partial charge in [-0.15, -0.1) is 11.3 Å². The molecule has 6 heteroatoms. The Morgan fingerprint density at radius 3 is 2.69 bits per heavy atom. The minimum absolute atomic E-state index is 0.0270. The number of piperidine rings is 1. The lowest BCUT2D eigenvalue weighted by Crippen LogP contribution is -2.49. The summed E-state index contributed by atoms with van der Waals surface area (Å²) in [5.74, 6) is 1.01. The summed E-state index contributed by atoms with van der Waals surface area (Å²) in [5.41, 5.74) is 1.71. The first kappa shape index (κ1) is 15.8. The smallest absolute Gasteiger partial charge is 0.264 e. The first-order chi connectivity index (χ1) is 12.7. The van der Waals surface area contributed by atoms with E-state index >= 15 is 0 Å². The van der Waals surface area contributed by atoms with Gasteiger partial charge in [0.25, 0.3) is 5.91 Å². The number of furan rings is 1. The average Bonchev–Trinajstić information content (AvgIpc) is 3.38. The maximum atomic E-state index is 12.6. The first-order valence-corrected chi connectivity index (χ1v) is 9.69. The maximum absolute atomic E-state index is 12.6. The Morgan fingerprint density at radius 1 is 1.15 bits per heavy atom. The van der Waals surface area contributed by atoms with E-state index in [9.17, 15) is 4.79 Å². The Labute approximate surface area is 155 Å². The van der Waals surface area contributed by atoms with E-state index in [1.54, 1.807) is 6.26 Å². The lowest BCUT2D eigenvalue weighted by atomic mass is 9.86. The highest BCUT2D eigenvalue weighted by molar-refractivity contribution is 7.17. The molecule has 5 rings (SSSR count). The number of hydrogen-bond donors (Lipinski definition) is 1. The van der Waals surface area contributed by atoms with Crippen molar-refractivity contribution in [2.45, 2.75) is 24.9 Å². The number of benzene rings is 1. The Balaban J connectivity index is 1.39. The number of carbonyl (C=O) groups excluding carboxylic acids is 1. The third kappa shape index (κ3) is 2.57. The number of likely N-dealkylation sites (tertiary alicyclic amines) is 1. The van der Waals surface area contributed by atoms with Gasteiger partial charge < -0.3 is 9.73 Å². The van der Waals surface area contributed by atoms with Crippen LogP contribution in [0.5, 0.6) is 0 Å². The van der Waals surface area contributed by atoms with Gasteiger partial charge in [0, 0.05) is 18.7 Å². The summed E-state index contributed by atoms with van der Waals surface area (Å²) in [6, 6.07) is 14.0. The second-order valence-electron chi connectivity index (χ2n) is 6.95. The van der Waals surface area contributed by atoms with Crippen LogP contribution in [0.3, 0.4) is 0 Å². The molecule has 5 nitrogen and oxygen atoms in total. The summed E-state index contributed by atoms with van der Waals surface area (Å²) in [5, 5.41) is 4.16. The van der Waals surface area contributed by atoms with E-state index in [0.717, 1.165) is 59.4 Å². The van der Waals surface area contributed by atoms with Crippen LogP contribution in [0.15, 0.2) is 53.1 Å². The zero-order chi connectivity index (χ0) is 17.6. The van der Waals surface area contributed by atoms with Crippen LogP contribution in [-0.4, -0.2) is 28.9 Å². The minimum Gasteiger partial charge on any atom is -0.468 e. The molecule has 1 saturated heterocycles. The van der Waals surface area contributed by atoms with E-state index in [4.69, 9.17) is 9.40 Å². The summed E-state index contributed by atoms with van der Waals surface area (Å²) in [6.45, 7) is 2.65. The fourth-order valence-corrected chi connectivity index (χ4v) is 4.98. The largest absolute Gasteiger partial charge is 0.468 e. The number of thiazole rings is 1. The molecule has 0 aliphatic carbocycles. The van der Waals surface area contributed by atoms with Gasteiger partial charge in [0.05, 0.1) is 24.0 Å². The Bertz CT molecular complexity index is 925. The van der Waals surface area contributed by atoms with Crippen LogP contribution in [-0.2, 0) is 12.1 Å². The van der Waals surface area contributed by atoms with Crippen LogP contribution in [0.2, 0.25) is 0 Å². The molecular weight excluding hydrogens is 346 g/mol. The summed E-state index contributed by atoms with van der Waals surface area (Å²) < 4.78 is 5.46. The van der Waals surface area contributed by atoms with E-state index in [-0.39, 0.29) is 11.4 Å². The highest BCUT2D eigenvalue weighted by Crippen LogP contribution is 2.43. The summed E-state index contributed by atoms with van der Waals surface area (Å²) >= 11 is 1.50. The van der Waals surface area contributed by atoms with Crippen LogP contribution in [0.25, 0.3) is 10.6 Å². The van der Waals surface area contributed by atoms with E-state index in [1.807, 2.05) is 42.5 Å². The number of nitrogens with one attached hydrogen (secondary N) is 1. The molecule has 0 saturated carbocycles. The lowest BCUT2D eigenvalue weighted by molar-refractivity contribution is 0.0845. The van der Waals surface area contributed by atoms with Crippen molar-refractivity contribution in [1.29, 1.82) is 0 Å². The molecule has 0 atom stereocenters. The third-order valence-corrected chi connectivity index (χ3v) is 6.43. The van der Waals surface area contributed by atoms with Crippen molar-refractivity contribution in [2.75, 3.05) is 13.1 Å². The molecule has 2 aliphatic rings. The fourth-order valence-electron chi connectivity index (χ4n) is 3.91. The molecule has 1 spiro atoms. The zero-order valence-electron chi connectivity index (χ0n) is 14.3. The van der Waals surface area contributed by atoms with Crippen molar-refractivity contribution in [3.05, 3.63) is 65.1 Å². The van der Waals surface area contributed by atoms with Crippen molar-refractivity contribution < 1.29 is 9.21 Å². The summed E-state index contributed by atoms with van der Waals surface area (Å²) in [7, 11) is 0. The Morgan fingerprint density at radius 2 is 1.96 bits per heavy atom. The van der Waals surface area contributed by atoms with Crippen LogP contribution in [0.4, 0.5) is 0 Å². The molecule has 2 aliphatic heterocycles. The van der Waals surface area contributed by atoms with E-state index < -0.39 is 0 Å². The maximum Gasteiger partial charge on any atom is 0.264 e. The predicted octanol–water partition coefficient (Wildman–Crippen LogP) is 3.64. The van der Waals surface area contributed by atoms with Crippen molar-refractivity contribution in [3.63, 3.8) is 0 Å². The monoisotopic (exact) mass is 365 g/mol. The Hall–Kier alpha value is -2.44. The summed E-state index contributed by atoms with van der Waals surface area (Å²) in [4.78, 5) is 20.6. The molecule has 0 unspecified atom stereocenters. The lowest BCUT2D eigenvalue weighted by Gasteiger charge is -2.38. The normalized spacial score (nSPS) is 18.8. The average molecular weight is 365 g/mol. The quantitative estimate of drug-likeness (QED) is 0.770. The summed E-state index contributed by atoms with van der Waals surface area (Å²) in [6.07, 6.45) is 3.47. The number of carbonyl (C=O) groups is 1. The topological polar surface area (TPSA) is 58.4 Å². The van der Waals surface area contributed by atoms with Gasteiger partial charge in [-0.05, 0) is 25.0 Å². The molecule has 1 aromatic carbocycles. The van der Waals surface area contributed by atoms with Gasteiger partial charge in [-0.3, -0.25) is 9.69 Å². The molecular formula is C20H19N3O2S. The second kappa shape index (κ2) is 6.07. The minimum atomic E-state index is -0.310. The van der Waals surface area contributed by atoms with Gasteiger partial charge in [-0.1, -0.05) is 30.3 Å². The van der Waals surface area contributed by atoms with Gasteiger partial charge in [0.2, 0.25) is 0 Å². The molecule has 3 aromatic rings. The van der Waals surface area contributed by atoms with Crippen molar-refractivity contribution >= 4 is 17.2 Å². The molecule has 1 N–H and O–H groups in total. The van der Waals surface area contributed by atoms with Gasteiger partial charge in [-0.2, -0.15) is 0 Å². The van der Waals surface area contributed by atoms with Gasteiger partial charge in [-0.25, -0.2) is 4.98 Å². The van der Waals surface area contributed by atoms with E-state index in [0.29, 0.717) is 0 Å². The van der Waals surface area contributed by atoms with Crippen LogP contribution < -0.4 is 5.32 Å². The fraction of sp³-hybridized carbons (Fsp3) is 0.300. The number of aromatic nitrogens is 1.